The van der Waals surface area contributed by atoms with Gasteiger partial charge in [0.05, 0.1) is 24.7 Å². The summed E-state index contributed by atoms with van der Waals surface area (Å²) in [6.45, 7) is 1.22. The highest BCUT2D eigenvalue weighted by molar-refractivity contribution is 5.80. The summed E-state index contributed by atoms with van der Waals surface area (Å²) in [6.07, 6.45) is 1.67. The number of carboxylic acid groups (broad SMARTS) is 1. The van der Waals surface area contributed by atoms with Crippen molar-refractivity contribution in [2.45, 2.75) is 6.54 Å². The smallest absolute Gasteiger partial charge is 0.309 e. The number of pyridine rings is 1. The number of hydrogen-bond acceptors (Lipinski definition) is 4. The monoisotopic (exact) mass is 263 g/mol. The predicted molar refractivity (Wildman–Crippen MR) is 68.3 cm³/mol. The third-order valence-corrected chi connectivity index (χ3v) is 3.16. The molecule has 0 bridgehead atoms. The molecule has 1 saturated heterocycles. The number of aromatic nitrogens is 1. The van der Waals surface area contributed by atoms with Crippen LogP contribution >= 0.6 is 0 Å². The van der Waals surface area contributed by atoms with Crippen molar-refractivity contribution in [2.75, 3.05) is 26.7 Å². The number of carbonyl (C=O) groups excluding carboxylic acids is 1. The Balaban J connectivity index is 2.13. The van der Waals surface area contributed by atoms with Gasteiger partial charge in [-0.05, 0) is 19.2 Å². The van der Waals surface area contributed by atoms with E-state index in [1.807, 2.05) is 18.2 Å². The van der Waals surface area contributed by atoms with Gasteiger partial charge in [0.2, 0.25) is 5.91 Å². The Morgan fingerprint density at radius 2 is 2.26 bits per heavy atom. The molecule has 2 rings (SSSR count). The second-order valence-corrected chi connectivity index (χ2v) is 4.83. The molecule has 1 aliphatic rings. The summed E-state index contributed by atoms with van der Waals surface area (Å²) in [6, 6.07) is 5.49. The first-order chi connectivity index (χ1) is 9.06. The quantitative estimate of drug-likeness (QED) is 0.834. The number of aliphatic carboxylic acids is 1. The van der Waals surface area contributed by atoms with Gasteiger partial charge in [-0.2, -0.15) is 0 Å². The Bertz CT molecular complexity index is 463. The Labute approximate surface area is 111 Å². The van der Waals surface area contributed by atoms with Crippen molar-refractivity contribution in [3.63, 3.8) is 0 Å². The van der Waals surface area contributed by atoms with Crippen LogP contribution in [-0.2, 0) is 16.1 Å². The van der Waals surface area contributed by atoms with Gasteiger partial charge in [-0.3, -0.25) is 19.5 Å². The summed E-state index contributed by atoms with van der Waals surface area (Å²) in [7, 11) is 1.76. The van der Waals surface area contributed by atoms with E-state index in [1.165, 1.54) is 0 Å². The van der Waals surface area contributed by atoms with Crippen LogP contribution in [0, 0.1) is 5.92 Å². The minimum Gasteiger partial charge on any atom is -0.481 e. The van der Waals surface area contributed by atoms with E-state index in [2.05, 4.69) is 4.98 Å². The van der Waals surface area contributed by atoms with E-state index in [4.69, 9.17) is 0 Å². The lowest BCUT2D eigenvalue weighted by atomic mass is 10.1. The first-order valence-electron chi connectivity index (χ1n) is 6.15. The number of nitrogens with zero attached hydrogens (tertiary/aromatic N) is 3. The zero-order chi connectivity index (χ0) is 13.8. The lowest BCUT2D eigenvalue weighted by Crippen LogP contribution is -2.37. The SMILES string of the molecule is CN1CC(=O)N(Cc2ccccn2)CC(C(=O)O)C1. The van der Waals surface area contributed by atoms with Crippen LogP contribution in [0.1, 0.15) is 5.69 Å². The minimum absolute atomic E-state index is 0.0584. The molecule has 2 heterocycles. The third kappa shape index (κ3) is 3.51. The summed E-state index contributed by atoms with van der Waals surface area (Å²) >= 11 is 0. The van der Waals surface area contributed by atoms with Crippen molar-refractivity contribution in [2.24, 2.45) is 5.92 Å². The lowest BCUT2D eigenvalue weighted by Gasteiger charge is -2.21. The Hall–Kier alpha value is -1.95. The van der Waals surface area contributed by atoms with Crippen molar-refractivity contribution in [3.8, 4) is 0 Å². The number of carboxylic acids is 1. The van der Waals surface area contributed by atoms with E-state index < -0.39 is 11.9 Å². The average molecular weight is 263 g/mol. The van der Waals surface area contributed by atoms with E-state index in [-0.39, 0.29) is 19.0 Å². The molecule has 0 aromatic carbocycles. The number of likely N-dealkylation sites (N-methyl/N-ethyl adjacent to an activating group) is 1. The highest BCUT2D eigenvalue weighted by Gasteiger charge is 2.30. The third-order valence-electron chi connectivity index (χ3n) is 3.16. The minimum atomic E-state index is -0.868. The molecule has 19 heavy (non-hydrogen) atoms. The number of hydrogen-bond donors (Lipinski definition) is 1. The summed E-state index contributed by atoms with van der Waals surface area (Å²) in [5.74, 6) is -1.48. The molecule has 102 valence electrons. The molecule has 1 unspecified atom stereocenters. The van der Waals surface area contributed by atoms with E-state index >= 15 is 0 Å². The molecule has 6 nitrogen and oxygen atoms in total. The Morgan fingerprint density at radius 1 is 1.47 bits per heavy atom. The van der Waals surface area contributed by atoms with Crippen LogP contribution in [0.3, 0.4) is 0 Å². The van der Waals surface area contributed by atoms with Crippen molar-refractivity contribution in [1.29, 1.82) is 0 Å². The van der Waals surface area contributed by atoms with Crippen molar-refractivity contribution in [3.05, 3.63) is 30.1 Å². The topological polar surface area (TPSA) is 73.7 Å². The zero-order valence-electron chi connectivity index (χ0n) is 10.8. The van der Waals surface area contributed by atoms with Gasteiger partial charge in [0.15, 0.2) is 0 Å². The van der Waals surface area contributed by atoms with Crippen LogP contribution in [0.5, 0.6) is 0 Å². The molecule has 1 aliphatic heterocycles. The predicted octanol–water partition coefficient (Wildman–Crippen LogP) is 0.0564. The van der Waals surface area contributed by atoms with E-state index in [0.29, 0.717) is 13.1 Å². The maximum atomic E-state index is 12.1. The number of rotatable bonds is 3. The molecule has 1 atom stereocenters. The maximum absolute atomic E-state index is 12.1. The lowest BCUT2D eigenvalue weighted by molar-refractivity contribution is -0.142. The van der Waals surface area contributed by atoms with E-state index in [1.54, 1.807) is 23.0 Å². The van der Waals surface area contributed by atoms with Crippen LogP contribution in [0.4, 0.5) is 0 Å². The molecule has 1 fully saturated rings. The molecular formula is C13H17N3O3. The van der Waals surface area contributed by atoms with Crippen molar-refractivity contribution >= 4 is 11.9 Å². The van der Waals surface area contributed by atoms with Gasteiger partial charge in [-0.15, -0.1) is 0 Å². The molecule has 1 amide bonds. The van der Waals surface area contributed by atoms with Gasteiger partial charge in [0.1, 0.15) is 0 Å². The van der Waals surface area contributed by atoms with Crippen molar-refractivity contribution < 1.29 is 14.7 Å². The maximum Gasteiger partial charge on any atom is 0.309 e. The fourth-order valence-electron chi connectivity index (χ4n) is 2.19. The molecule has 1 aromatic rings. The molecule has 6 heteroatoms. The highest BCUT2D eigenvalue weighted by atomic mass is 16.4. The molecule has 0 saturated carbocycles. The van der Waals surface area contributed by atoms with Crippen LogP contribution in [-0.4, -0.2) is 58.4 Å². The second kappa shape index (κ2) is 5.79. The van der Waals surface area contributed by atoms with E-state index in [0.717, 1.165) is 5.69 Å². The van der Waals surface area contributed by atoms with Gasteiger partial charge in [-0.25, -0.2) is 0 Å². The standard InChI is InChI=1S/C13H17N3O3/c1-15-6-10(13(18)19)7-16(12(17)9-15)8-11-4-2-3-5-14-11/h2-5,10H,6-9H2,1H3,(H,18,19). The molecule has 0 aliphatic carbocycles. The Kier molecular flexibility index (Phi) is 4.11. The molecule has 0 spiro atoms. The van der Waals surface area contributed by atoms with Crippen LogP contribution in [0.15, 0.2) is 24.4 Å². The molecule has 1 N–H and O–H groups in total. The zero-order valence-corrected chi connectivity index (χ0v) is 10.8. The Morgan fingerprint density at radius 3 is 2.89 bits per heavy atom. The fraction of sp³-hybridized carbons (Fsp3) is 0.462. The van der Waals surface area contributed by atoms with E-state index in [9.17, 15) is 14.7 Å². The average Bonchev–Trinajstić information content (AvgIpc) is 2.50. The van der Waals surface area contributed by atoms with Gasteiger partial charge >= 0.3 is 5.97 Å². The van der Waals surface area contributed by atoms with Gasteiger partial charge in [-0.1, -0.05) is 6.07 Å². The fourth-order valence-corrected chi connectivity index (χ4v) is 2.19. The normalized spacial score (nSPS) is 21.2. The number of carbonyl (C=O) groups is 2. The highest BCUT2D eigenvalue weighted by Crippen LogP contribution is 2.12. The van der Waals surface area contributed by atoms with Crippen molar-refractivity contribution in [1.82, 2.24) is 14.8 Å². The molecule has 0 radical (unpaired) electrons. The van der Waals surface area contributed by atoms with Gasteiger partial charge in [0.25, 0.3) is 0 Å². The van der Waals surface area contributed by atoms with Crippen LogP contribution in [0.2, 0.25) is 0 Å². The summed E-state index contributed by atoms with van der Waals surface area (Å²) in [5, 5.41) is 9.17. The summed E-state index contributed by atoms with van der Waals surface area (Å²) in [4.78, 5) is 30.7. The molecule has 1 aromatic heterocycles. The second-order valence-electron chi connectivity index (χ2n) is 4.83. The van der Waals surface area contributed by atoms with Gasteiger partial charge < -0.3 is 10.0 Å². The van der Waals surface area contributed by atoms with Crippen LogP contribution in [0.25, 0.3) is 0 Å². The first-order valence-corrected chi connectivity index (χ1v) is 6.15. The van der Waals surface area contributed by atoms with Gasteiger partial charge in [0, 0.05) is 19.3 Å². The largest absolute Gasteiger partial charge is 0.481 e. The van der Waals surface area contributed by atoms with Crippen LogP contribution < -0.4 is 0 Å². The first kappa shape index (κ1) is 13.5. The molecular weight excluding hydrogens is 246 g/mol. The number of amides is 1. The summed E-state index contributed by atoms with van der Waals surface area (Å²) in [5.41, 5.74) is 0.768. The summed E-state index contributed by atoms with van der Waals surface area (Å²) < 4.78 is 0.